The number of rotatable bonds is 3. The third-order valence-electron chi connectivity index (χ3n) is 2.22. The smallest absolute Gasteiger partial charge is 0.192 e. The zero-order valence-electron chi connectivity index (χ0n) is 9.74. The third kappa shape index (κ3) is 2.52. The van der Waals surface area contributed by atoms with Gasteiger partial charge in [0.05, 0.1) is 5.60 Å². The van der Waals surface area contributed by atoms with Crippen LogP contribution in [0.5, 0.6) is 0 Å². The van der Waals surface area contributed by atoms with E-state index in [2.05, 4.69) is 10.3 Å². The molecule has 0 aliphatic rings. The Bertz CT molecular complexity index is 497. The fourth-order valence-corrected chi connectivity index (χ4v) is 1.47. The van der Waals surface area contributed by atoms with Crippen LogP contribution in [0.15, 0.2) is 22.6 Å². The Kier molecular flexibility index (Phi) is 2.59. The maximum Gasteiger partial charge on any atom is 0.192 e. The van der Waals surface area contributed by atoms with Gasteiger partial charge in [0.25, 0.3) is 0 Å². The Morgan fingerprint density at radius 1 is 1.44 bits per heavy atom. The standard InChI is InChI=1S/C12H16N2O2/c1-8-14-10-6-9(4-5-11(10)16-8)13-7-12(2,3)15/h4-6,13,15H,7H2,1-3H3. The zero-order valence-corrected chi connectivity index (χ0v) is 9.74. The van der Waals surface area contributed by atoms with Crippen LogP contribution in [-0.2, 0) is 0 Å². The Labute approximate surface area is 94.3 Å². The van der Waals surface area contributed by atoms with Crippen LogP contribution < -0.4 is 5.32 Å². The van der Waals surface area contributed by atoms with Crippen molar-refractivity contribution in [1.29, 1.82) is 0 Å². The number of nitrogens with one attached hydrogen (secondary N) is 1. The van der Waals surface area contributed by atoms with Crippen LogP contribution in [0.3, 0.4) is 0 Å². The summed E-state index contributed by atoms with van der Waals surface area (Å²) < 4.78 is 5.38. The Morgan fingerprint density at radius 2 is 2.19 bits per heavy atom. The van der Waals surface area contributed by atoms with Crippen molar-refractivity contribution in [1.82, 2.24) is 4.98 Å². The molecule has 0 unspecified atom stereocenters. The molecular formula is C12H16N2O2. The summed E-state index contributed by atoms with van der Waals surface area (Å²) in [5.74, 6) is 0.662. The molecule has 4 heteroatoms. The van der Waals surface area contributed by atoms with E-state index in [1.165, 1.54) is 0 Å². The van der Waals surface area contributed by atoms with Gasteiger partial charge in [0, 0.05) is 19.2 Å². The number of oxazole rings is 1. The Balaban J connectivity index is 2.19. The first kappa shape index (κ1) is 11.0. The molecule has 2 N–H and O–H groups in total. The molecule has 0 atom stereocenters. The highest BCUT2D eigenvalue weighted by atomic mass is 16.3. The summed E-state index contributed by atoms with van der Waals surface area (Å²) in [6.07, 6.45) is 0. The van der Waals surface area contributed by atoms with Crippen molar-refractivity contribution >= 4 is 16.8 Å². The molecule has 1 aromatic carbocycles. The lowest BCUT2D eigenvalue weighted by atomic mass is 10.1. The van der Waals surface area contributed by atoms with Crippen LogP contribution >= 0.6 is 0 Å². The molecule has 2 aromatic rings. The number of aryl methyl sites for hydroxylation is 1. The second-order valence-corrected chi connectivity index (χ2v) is 4.58. The van der Waals surface area contributed by atoms with E-state index in [0.29, 0.717) is 12.4 Å². The molecule has 4 nitrogen and oxygen atoms in total. The van der Waals surface area contributed by atoms with Crippen molar-refractivity contribution in [2.24, 2.45) is 0 Å². The second-order valence-electron chi connectivity index (χ2n) is 4.58. The van der Waals surface area contributed by atoms with Crippen molar-refractivity contribution in [3.05, 3.63) is 24.1 Å². The van der Waals surface area contributed by atoms with Gasteiger partial charge >= 0.3 is 0 Å². The largest absolute Gasteiger partial charge is 0.441 e. The number of aliphatic hydroxyl groups is 1. The van der Waals surface area contributed by atoms with E-state index < -0.39 is 5.60 Å². The molecule has 0 saturated carbocycles. The summed E-state index contributed by atoms with van der Waals surface area (Å²) in [6, 6.07) is 5.71. The molecule has 0 aliphatic heterocycles. The van der Waals surface area contributed by atoms with E-state index in [1.807, 2.05) is 25.1 Å². The SMILES string of the molecule is Cc1nc2cc(NCC(C)(C)O)ccc2o1. The number of hydrogen-bond acceptors (Lipinski definition) is 4. The third-order valence-corrected chi connectivity index (χ3v) is 2.22. The van der Waals surface area contributed by atoms with Crippen molar-refractivity contribution in [3.8, 4) is 0 Å². The number of fused-ring (bicyclic) bond motifs is 1. The minimum Gasteiger partial charge on any atom is -0.441 e. The quantitative estimate of drug-likeness (QED) is 0.833. The molecule has 16 heavy (non-hydrogen) atoms. The van der Waals surface area contributed by atoms with Gasteiger partial charge in [-0.2, -0.15) is 0 Å². The minimum absolute atomic E-state index is 0.495. The van der Waals surface area contributed by atoms with E-state index in [4.69, 9.17) is 4.42 Å². The molecule has 0 fully saturated rings. The lowest BCUT2D eigenvalue weighted by Gasteiger charge is -2.18. The Morgan fingerprint density at radius 3 is 2.88 bits per heavy atom. The molecule has 0 bridgehead atoms. The molecule has 0 radical (unpaired) electrons. The maximum atomic E-state index is 9.60. The van der Waals surface area contributed by atoms with Crippen LogP contribution in [0.4, 0.5) is 5.69 Å². The van der Waals surface area contributed by atoms with Crippen molar-refractivity contribution in [2.75, 3.05) is 11.9 Å². The fourth-order valence-electron chi connectivity index (χ4n) is 1.47. The van der Waals surface area contributed by atoms with Crippen molar-refractivity contribution in [3.63, 3.8) is 0 Å². The average Bonchev–Trinajstić information content (AvgIpc) is 2.52. The molecule has 0 spiro atoms. The van der Waals surface area contributed by atoms with Crippen LogP contribution in [0, 0.1) is 6.92 Å². The fraction of sp³-hybridized carbons (Fsp3) is 0.417. The first-order valence-electron chi connectivity index (χ1n) is 5.27. The van der Waals surface area contributed by atoms with Crippen LogP contribution in [-0.4, -0.2) is 22.2 Å². The number of hydrogen-bond donors (Lipinski definition) is 2. The number of nitrogens with zero attached hydrogens (tertiary/aromatic N) is 1. The normalized spacial score (nSPS) is 12.0. The van der Waals surface area contributed by atoms with Gasteiger partial charge in [0.2, 0.25) is 0 Å². The van der Waals surface area contributed by atoms with E-state index in [1.54, 1.807) is 13.8 Å². The zero-order chi connectivity index (χ0) is 11.8. The lowest BCUT2D eigenvalue weighted by molar-refractivity contribution is 0.0945. The van der Waals surface area contributed by atoms with Crippen LogP contribution in [0.25, 0.3) is 11.1 Å². The van der Waals surface area contributed by atoms with E-state index in [9.17, 15) is 5.11 Å². The summed E-state index contributed by atoms with van der Waals surface area (Å²) in [6.45, 7) is 5.84. The van der Waals surface area contributed by atoms with Gasteiger partial charge in [0.15, 0.2) is 11.5 Å². The predicted molar refractivity (Wildman–Crippen MR) is 63.5 cm³/mol. The first-order valence-corrected chi connectivity index (χ1v) is 5.27. The first-order chi connectivity index (χ1) is 7.44. The molecule has 0 amide bonds. The summed E-state index contributed by atoms with van der Waals surface area (Å²) >= 11 is 0. The monoisotopic (exact) mass is 220 g/mol. The molecule has 0 aliphatic carbocycles. The van der Waals surface area contributed by atoms with E-state index >= 15 is 0 Å². The highest BCUT2D eigenvalue weighted by Crippen LogP contribution is 2.20. The highest BCUT2D eigenvalue weighted by molar-refractivity contribution is 5.77. The van der Waals surface area contributed by atoms with Gasteiger partial charge in [-0.15, -0.1) is 0 Å². The maximum absolute atomic E-state index is 9.60. The molecule has 86 valence electrons. The van der Waals surface area contributed by atoms with Gasteiger partial charge in [0.1, 0.15) is 5.52 Å². The van der Waals surface area contributed by atoms with Gasteiger partial charge in [-0.05, 0) is 32.0 Å². The minimum atomic E-state index is -0.727. The highest BCUT2D eigenvalue weighted by Gasteiger charge is 2.12. The van der Waals surface area contributed by atoms with Gasteiger partial charge in [-0.1, -0.05) is 0 Å². The number of benzene rings is 1. The molecule has 0 saturated heterocycles. The predicted octanol–water partition coefficient (Wildman–Crippen LogP) is 2.32. The average molecular weight is 220 g/mol. The van der Waals surface area contributed by atoms with Crippen molar-refractivity contribution in [2.45, 2.75) is 26.4 Å². The van der Waals surface area contributed by atoms with Crippen LogP contribution in [0.1, 0.15) is 19.7 Å². The summed E-state index contributed by atoms with van der Waals surface area (Å²) in [5.41, 5.74) is 1.82. The molecular weight excluding hydrogens is 204 g/mol. The van der Waals surface area contributed by atoms with Gasteiger partial charge < -0.3 is 14.8 Å². The molecule has 1 aromatic heterocycles. The summed E-state index contributed by atoms with van der Waals surface area (Å²) in [4.78, 5) is 4.25. The lowest BCUT2D eigenvalue weighted by Crippen LogP contribution is -2.29. The number of anilines is 1. The second kappa shape index (κ2) is 3.79. The summed E-state index contributed by atoms with van der Waals surface area (Å²) in [5, 5.41) is 12.8. The number of aromatic nitrogens is 1. The van der Waals surface area contributed by atoms with Crippen LogP contribution in [0.2, 0.25) is 0 Å². The van der Waals surface area contributed by atoms with Gasteiger partial charge in [-0.3, -0.25) is 0 Å². The molecule has 1 heterocycles. The van der Waals surface area contributed by atoms with Crippen molar-refractivity contribution < 1.29 is 9.52 Å². The molecule has 2 rings (SSSR count). The van der Waals surface area contributed by atoms with E-state index in [-0.39, 0.29) is 0 Å². The topological polar surface area (TPSA) is 58.3 Å². The Hall–Kier alpha value is -1.55. The summed E-state index contributed by atoms with van der Waals surface area (Å²) in [7, 11) is 0. The van der Waals surface area contributed by atoms with Gasteiger partial charge in [-0.25, -0.2) is 4.98 Å². The van der Waals surface area contributed by atoms with E-state index in [0.717, 1.165) is 16.8 Å².